The van der Waals surface area contributed by atoms with E-state index in [9.17, 15) is 9.90 Å². The molecule has 0 atom stereocenters. The molecule has 0 aliphatic carbocycles. The third-order valence-electron chi connectivity index (χ3n) is 4.99. The molecule has 1 aliphatic rings. The van der Waals surface area contributed by atoms with E-state index in [0.29, 0.717) is 43.3 Å². The van der Waals surface area contributed by atoms with Crippen molar-refractivity contribution in [2.75, 3.05) is 40.5 Å². The number of rotatable bonds is 5. The summed E-state index contributed by atoms with van der Waals surface area (Å²) in [5, 5.41) is 10.2. The first-order valence-electron chi connectivity index (χ1n) is 9.59. The summed E-state index contributed by atoms with van der Waals surface area (Å²) in [5.74, 6) is 0.732. The van der Waals surface area contributed by atoms with E-state index in [4.69, 9.17) is 14.2 Å². The normalized spacial score (nSPS) is 14.7. The predicted molar refractivity (Wildman–Crippen MR) is 113 cm³/mol. The lowest BCUT2D eigenvalue weighted by Gasteiger charge is -2.27. The van der Waals surface area contributed by atoms with E-state index in [1.165, 1.54) is 14.2 Å². The number of carbonyl (C=O) groups excluding carboxylic acids is 1. The molecule has 0 saturated carbocycles. The Morgan fingerprint density at radius 3 is 2.47 bits per heavy atom. The van der Waals surface area contributed by atoms with Crippen LogP contribution in [0.5, 0.6) is 17.2 Å². The molecule has 8 heteroatoms. The zero-order valence-corrected chi connectivity index (χ0v) is 16.8. The van der Waals surface area contributed by atoms with Crippen molar-refractivity contribution in [3.05, 3.63) is 47.8 Å². The minimum atomic E-state index is -0.150. The van der Waals surface area contributed by atoms with Gasteiger partial charge in [0.2, 0.25) is 5.75 Å². The molecule has 0 radical (unpaired) electrons. The van der Waals surface area contributed by atoms with Gasteiger partial charge >= 0.3 is 0 Å². The zero-order chi connectivity index (χ0) is 21.1. The lowest BCUT2D eigenvalue weighted by Crippen LogP contribution is -2.41. The van der Waals surface area contributed by atoms with Crippen LogP contribution in [0.2, 0.25) is 0 Å². The number of phenolic OH excluding ortho intramolecular Hbond substituents is 1. The fraction of sp³-hybridized carbons (Fsp3) is 0.273. The molecule has 1 amide bonds. The van der Waals surface area contributed by atoms with E-state index in [0.717, 1.165) is 11.0 Å². The molecule has 1 fully saturated rings. The summed E-state index contributed by atoms with van der Waals surface area (Å²) in [4.78, 5) is 23.0. The number of morpholine rings is 1. The zero-order valence-electron chi connectivity index (χ0n) is 16.8. The third kappa shape index (κ3) is 3.81. The SMILES string of the molecule is COc1cc(C=C(C(=O)N2CCOCC2)c2nc3ccccc3[nH]2)cc(OC)c1O. The number of para-hydroxylation sites is 2. The summed E-state index contributed by atoms with van der Waals surface area (Å²) in [6.45, 7) is 2.03. The van der Waals surface area contributed by atoms with Crippen LogP contribution in [0.15, 0.2) is 36.4 Å². The van der Waals surface area contributed by atoms with Gasteiger partial charge in [-0.1, -0.05) is 12.1 Å². The number of nitrogens with one attached hydrogen (secondary N) is 1. The van der Waals surface area contributed by atoms with Crippen LogP contribution in [0.25, 0.3) is 22.7 Å². The Bertz CT molecular complexity index is 1040. The van der Waals surface area contributed by atoms with Crippen molar-refractivity contribution in [1.82, 2.24) is 14.9 Å². The maximum absolute atomic E-state index is 13.4. The summed E-state index contributed by atoms with van der Waals surface area (Å²) in [6, 6.07) is 10.9. The van der Waals surface area contributed by atoms with Gasteiger partial charge < -0.3 is 29.2 Å². The van der Waals surface area contributed by atoms with Gasteiger partial charge in [0.15, 0.2) is 11.5 Å². The molecule has 4 rings (SSSR count). The van der Waals surface area contributed by atoms with Crippen molar-refractivity contribution in [1.29, 1.82) is 0 Å². The molecule has 1 saturated heterocycles. The van der Waals surface area contributed by atoms with Gasteiger partial charge in [-0.15, -0.1) is 0 Å². The highest BCUT2D eigenvalue weighted by molar-refractivity contribution is 6.23. The average Bonchev–Trinajstić information content (AvgIpc) is 3.22. The Morgan fingerprint density at radius 1 is 1.17 bits per heavy atom. The molecule has 156 valence electrons. The monoisotopic (exact) mass is 409 g/mol. The van der Waals surface area contributed by atoms with E-state index in [1.54, 1.807) is 23.1 Å². The molecule has 3 aromatic rings. The molecule has 8 nitrogen and oxygen atoms in total. The number of imidazole rings is 1. The van der Waals surface area contributed by atoms with Crippen LogP contribution in [0.4, 0.5) is 0 Å². The topological polar surface area (TPSA) is 96.9 Å². The number of fused-ring (bicyclic) bond motifs is 1. The number of H-pyrrole nitrogens is 1. The second kappa shape index (κ2) is 8.46. The van der Waals surface area contributed by atoms with Crippen LogP contribution >= 0.6 is 0 Å². The van der Waals surface area contributed by atoms with Gasteiger partial charge in [0, 0.05) is 13.1 Å². The molecule has 2 heterocycles. The van der Waals surface area contributed by atoms with Gasteiger partial charge in [-0.05, 0) is 35.9 Å². The molecule has 1 aromatic heterocycles. The fourth-order valence-electron chi connectivity index (χ4n) is 3.41. The van der Waals surface area contributed by atoms with Crippen LogP contribution < -0.4 is 9.47 Å². The first kappa shape index (κ1) is 19.8. The van der Waals surface area contributed by atoms with E-state index in [-0.39, 0.29) is 23.2 Å². The van der Waals surface area contributed by atoms with Crippen LogP contribution in [0, 0.1) is 0 Å². The fourth-order valence-corrected chi connectivity index (χ4v) is 3.41. The van der Waals surface area contributed by atoms with E-state index >= 15 is 0 Å². The summed E-state index contributed by atoms with van der Waals surface area (Å²) < 4.78 is 15.9. The Balaban J connectivity index is 1.83. The Kier molecular flexibility index (Phi) is 5.58. The van der Waals surface area contributed by atoms with Crippen molar-refractivity contribution in [2.24, 2.45) is 0 Å². The number of aromatic hydroxyl groups is 1. The highest BCUT2D eigenvalue weighted by Gasteiger charge is 2.24. The first-order valence-corrected chi connectivity index (χ1v) is 9.59. The predicted octanol–water partition coefficient (Wildman–Crippen LogP) is 2.69. The van der Waals surface area contributed by atoms with E-state index in [2.05, 4.69) is 9.97 Å². The number of nitrogens with zero attached hydrogens (tertiary/aromatic N) is 2. The van der Waals surface area contributed by atoms with Gasteiger partial charge in [-0.2, -0.15) is 0 Å². The number of carbonyl (C=O) groups is 1. The quantitative estimate of drug-likeness (QED) is 0.629. The van der Waals surface area contributed by atoms with Gasteiger partial charge in [0.25, 0.3) is 5.91 Å². The number of methoxy groups -OCH3 is 2. The van der Waals surface area contributed by atoms with Crippen LogP contribution in [-0.4, -0.2) is 66.4 Å². The van der Waals surface area contributed by atoms with Gasteiger partial charge in [-0.3, -0.25) is 4.79 Å². The number of ether oxygens (including phenoxy) is 3. The second-order valence-corrected chi connectivity index (χ2v) is 6.84. The van der Waals surface area contributed by atoms with Gasteiger partial charge in [0.1, 0.15) is 5.82 Å². The minimum absolute atomic E-state index is 0.0954. The number of phenols is 1. The summed E-state index contributed by atoms with van der Waals surface area (Å²) >= 11 is 0. The van der Waals surface area contributed by atoms with Crippen molar-refractivity contribution in [3.63, 3.8) is 0 Å². The number of aromatic amines is 1. The first-order chi connectivity index (χ1) is 14.6. The largest absolute Gasteiger partial charge is 0.502 e. The van der Waals surface area contributed by atoms with Crippen molar-refractivity contribution < 1.29 is 24.1 Å². The lowest BCUT2D eigenvalue weighted by atomic mass is 10.1. The molecule has 1 aliphatic heterocycles. The number of hydrogen-bond donors (Lipinski definition) is 2. The Morgan fingerprint density at radius 2 is 1.83 bits per heavy atom. The smallest absolute Gasteiger partial charge is 0.257 e. The summed E-state index contributed by atoms with van der Waals surface area (Å²) in [6.07, 6.45) is 1.72. The van der Waals surface area contributed by atoms with Crippen LogP contribution in [0.1, 0.15) is 11.4 Å². The van der Waals surface area contributed by atoms with Crippen molar-refractivity contribution >= 4 is 28.6 Å². The maximum Gasteiger partial charge on any atom is 0.257 e. The molecule has 30 heavy (non-hydrogen) atoms. The van der Waals surface area contributed by atoms with Crippen LogP contribution in [0.3, 0.4) is 0 Å². The molecule has 0 spiro atoms. The Hall–Kier alpha value is -3.52. The number of amides is 1. The summed E-state index contributed by atoms with van der Waals surface area (Å²) in [7, 11) is 2.92. The summed E-state index contributed by atoms with van der Waals surface area (Å²) in [5.41, 5.74) is 2.66. The minimum Gasteiger partial charge on any atom is -0.502 e. The van der Waals surface area contributed by atoms with E-state index < -0.39 is 0 Å². The number of benzene rings is 2. The molecular weight excluding hydrogens is 386 g/mol. The number of hydrogen-bond acceptors (Lipinski definition) is 6. The highest BCUT2D eigenvalue weighted by atomic mass is 16.5. The standard InChI is InChI=1S/C22H23N3O5/c1-28-18-12-14(13-19(29-2)20(18)26)11-15(22(27)25-7-9-30-10-8-25)21-23-16-5-3-4-6-17(16)24-21/h3-6,11-13,26H,7-10H2,1-2H3,(H,23,24). The van der Waals surface area contributed by atoms with Gasteiger partial charge in [-0.25, -0.2) is 4.98 Å². The molecule has 0 bridgehead atoms. The third-order valence-corrected chi connectivity index (χ3v) is 4.99. The Labute approximate surface area is 173 Å². The maximum atomic E-state index is 13.4. The number of aromatic nitrogens is 2. The molecule has 2 aromatic carbocycles. The lowest BCUT2D eigenvalue weighted by molar-refractivity contribution is -0.128. The molecular formula is C22H23N3O5. The molecule has 0 unspecified atom stereocenters. The van der Waals surface area contributed by atoms with Crippen LogP contribution in [-0.2, 0) is 9.53 Å². The highest BCUT2D eigenvalue weighted by Crippen LogP contribution is 2.38. The van der Waals surface area contributed by atoms with Gasteiger partial charge in [0.05, 0.1) is 44.0 Å². The van der Waals surface area contributed by atoms with Crippen molar-refractivity contribution in [2.45, 2.75) is 0 Å². The van der Waals surface area contributed by atoms with E-state index in [1.807, 2.05) is 24.3 Å². The van der Waals surface area contributed by atoms with Crippen molar-refractivity contribution in [3.8, 4) is 17.2 Å². The average molecular weight is 409 g/mol. The second-order valence-electron chi connectivity index (χ2n) is 6.84. The molecule has 2 N–H and O–H groups in total.